The molecule has 0 heterocycles. The van der Waals surface area contributed by atoms with Crippen LogP contribution >= 0.6 is 0 Å². The lowest BCUT2D eigenvalue weighted by atomic mass is 10.1. The molecule has 0 aromatic heterocycles. The summed E-state index contributed by atoms with van der Waals surface area (Å²) in [5.74, 6) is 1.39. The maximum atomic E-state index is 12.9. The maximum Gasteiger partial charge on any atom is 0.191 e. The lowest BCUT2D eigenvalue weighted by Gasteiger charge is -2.14. The molecule has 0 spiro atoms. The number of hydrogen-bond donors (Lipinski definition) is 2. The second-order valence-electron chi connectivity index (χ2n) is 6.53. The van der Waals surface area contributed by atoms with E-state index < -0.39 is 0 Å². The molecular weight excluding hydrogens is 343 g/mol. The van der Waals surface area contributed by atoms with E-state index in [1.807, 2.05) is 32.3 Å². The number of benzene rings is 2. The van der Waals surface area contributed by atoms with E-state index in [1.54, 1.807) is 19.2 Å². The highest BCUT2D eigenvalue weighted by molar-refractivity contribution is 5.79. The van der Waals surface area contributed by atoms with Crippen LogP contribution in [0.5, 0.6) is 5.75 Å². The van der Waals surface area contributed by atoms with Crippen molar-refractivity contribution >= 4 is 5.96 Å². The van der Waals surface area contributed by atoms with Crippen molar-refractivity contribution in [2.45, 2.75) is 13.0 Å². The molecule has 0 saturated heterocycles. The third-order valence-electron chi connectivity index (χ3n) is 4.01. The van der Waals surface area contributed by atoms with Crippen molar-refractivity contribution in [2.24, 2.45) is 4.99 Å². The highest BCUT2D eigenvalue weighted by Crippen LogP contribution is 2.13. The van der Waals surface area contributed by atoms with E-state index in [9.17, 15) is 4.39 Å². The van der Waals surface area contributed by atoms with Crippen molar-refractivity contribution in [3.05, 3.63) is 65.5 Å². The highest BCUT2D eigenvalue weighted by atomic mass is 19.1. The van der Waals surface area contributed by atoms with E-state index in [0.717, 1.165) is 42.3 Å². The Balaban J connectivity index is 1.75. The van der Waals surface area contributed by atoms with Crippen molar-refractivity contribution in [1.82, 2.24) is 15.5 Å². The second-order valence-corrected chi connectivity index (χ2v) is 6.53. The Morgan fingerprint density at radius 1 is 1.07 bits per heavy atom. The summed E-state index contributed by atoms with van der Waals surface area (Å²) in [7, 11) is 5.80. The van der Waals surface area contributed by atoms with E-state index in [2.05, 4.69) is 26.6 Å². The Hall–Kier alpha value is -2.60. The Morgan fingerprint density at radius 3 is 2.56 bits per heavy atom. The zero-order valence-electron chi connectivity index (χ0n) is 16.3. The summed E-state index contributed by atoms with van der Waals surface area (Å²) >= 11 is 0. The van der Waals surface area contributed by atoms with Gasteiger partial charge in [0.05, 0.1) is 0 Å². The van der Waals surface area contributed by atoms with Gasteiger partial charge in [0.2, 0.25) is 0 Å². The molecule has 2 rings (SSSR count). The summed E-state index contributed by atoms with van der Waals surface area (Å²) in [6.45, 7) is 2.92. The average molecular weight is 372 g/mol. The minimum absolute atomic E-state index is 0.211. The number of halogens is 1. The summed E-state index contributed by atoms with van der Waals surface area (Å²) in [6, 6.07) is 14.6. The average Bonchev–Trinajstić information content (AvgIpc) is 2.66. The first-order valence-electron chi connectivity index (χ1n) is 9.12. The molecule has 2 aromatic rings. The van der Waals surface area contributed by atoms with Gasteiger partial charge in [-0.25, -0.2) is 4.39 Å². The van der Waals surface area contributed by atoms with Gasteiger partial charge in [0.1, 0.15) is 18.2 Å². The molecule has 0 unspecified atom stereocenters. The van der Waals surface area contributed by atoms with Crippen LogP contribution in [0.2, 0.25) is 0 Å². The molecular formula is C21H29FN4O. The number of likely N-dealkylation sites (N-methyl/N-ethyl adjacent to an activating group) is 1. The Labute approximate surface area is 161 Å². The highest BCUT2D eigenvalue weighted by Gasteiger charge is 2.01. The number of ether oxygens (including phenoxy) is 1. The fourth-order valence-corrected chi connectivity index (χ4v) is 2.47. The lowest BCUT2D eigenvalue weighted by Crippen LogP contribution is -2.37. The summed E-state index contributed by atoms with van der Waals surface area (Å²) < 4.78 is 18.7. The summed E-state index contributed by atoms with van der Waals surface area (Å²) in [6.07, 6.45) is 0.802. The monoisotopic (exact) mass is 372 g/mol. The first-order chi connectivity index (χ1) is 13.1. The Morgan fingerprint density at radius 2 is 1.85 bits per heavy atom. The van der Waals surface area contributed by atoms with Crippen LogP contribution in [-0.2, 0) is 13.0 Å². The van der Waals surface area contributed by atoms with Crippen molar-refractivity contribution < 1.29 is 9.13 Å². The minimum atomic E-state index is -0.211. The predicted molar refractivity (Wildman–Crippen MR) is 109 cm³/mol. The fourth-order valence-electron chi connectivity index (χ4n) is 2.47. The molecule has 0 aliphatic heterocycles. The van der Waals surface area contributed by atoms with E-state index in [0.29, 0.717) is 13.2 Å². The predicted octanol–water partition coefficient (Wildman–Crippen LogP) is 2.67. The van der Waals surface area contributed by atoms with Crippen molar-refractivity contribution in [1.29, 1.82) is 0 Å². The quantitative estimate of drug-likeness (QED) is 0.525. The van der Waals surface area contributed by atoms with Crippen LogP contribution in [0.4, 0.5) is 4.39 Å². The number of rotatable bonds is 9. The summed E-state index contributed by atoms with van der Waals surface area (Å²) in [5, 5.41) is 6.57. The van der Waals surface area contributed by atoms with Gasteiger partial charge in [0, 0.05) is 26.7 Å². The molecule has 27 heavy (non-hydrogen) atoms. The molecule has 5 nitrogen and oxygen atoms in total. The molecule has 0 aliphatic carbocycles. The first-order valence-corrected chi connectivity index (χ1v) is 9.12. The fraction of sp³-hybridized carbons (Fsp3) is 0.381. The molecule has 0 aliphatic rings. The summed E-state index contributed by atoms with van der Waals surface area (Å²) in [4.78, 5) is 6.33. The van der Waals surface area contributed by atoms with Crippen LogP contribution < -0.4 is 15.4 Å². The molecule has 0 radical (unpaired) electrons. The van der Waals surface area contributed by atoms with Gasteiger partial charge in [0.25, 0.3) is 0 Å². The second kappa shape index (κ2) is 11.2. The molecule has 0 bridgehead atoms. The smallest absolute Gasteiger partial charge is 0.191 e. The van der Waals surface area contributed by atoms with E-state index >= 15 is 0 Å². The molecule has 2 aromatic carbocycles. The minimum Gasteiger partial charge on any atom is -0.492 e. The van der Waals surface area contributed by atoms with Gasteiger partial charge in [-0.3, -0.25) is 4.99 Å². The van der Waals surface area contributed by atoms with Crippen LogP contribution in [0, 0.1) is 5.82 Å². The number of guanidine groups is 1. The van der Waals surface area contributed by atoms with Crippen molar-refractivity contribution in [3.63, 3.8) is 0 Å². The lowest BCUT2D eigenvalue weighted by molar-refractivity contribution is 0.261. The van der Waals surface area contributed by atoms with E-state index in [-0.39, 0.29) is 5.82 Å². The van der Waals surface area contributed by atoms with E-state index in [1.165, 1.54) is 12.1 Å². The molecule has 0 atom stereocenters. The van der Waals surface area contributed by atoms with Crippen LogP contribution in [0.3, 0.4) is 0 Å². The number of aliphatic imine (C=N–C) groups is 1. The Kier molecular flexibility index (Phi) is 8.58. The SMILES string of the molecule is CN=C(NCCc1ccc(F)cc1)NCc1cccc(OCCN(C)C)c1. The molecule has 0 fully saturated rings. The zero-order valence-corrected chi connectivity index (χ0v) is 16.3. The van der Waals surface area contributed by atoms with Gasteiger partial charge in [-0.05, 0) is 55.9 Å². The van der Waals surface area contributed by atoms with Gasteiger partial charge in [-0.15, -0.1) is 0 Å². The third kappa shape index (κ3) is 8.09. The Bertz CT molecular complexity index is 716. The maximum absolute atomic E-state index is 12.9. The van der Waals surface area contributed by atoms with E-state index in [4.69, 9.17) is 4.74 Å². The van der Waals surface area contributed by atoms with Crippen LogP contribution in [0.15, 0.2) is 53.5 Å². The van der Waals surface area contributed by atoms with Crippen molar-refractivity contribution in [2.75, 3.05) is 40.8 Å². The van der Waals surface area contributed by atoms with Crippen LogP contribution in [-0.4, -0.2) is 51.7 Å². The van der Waals surface area contributed by atoms with Gasteiger partial charge >= 0.3 is 0 Å². The summed E-state index contributed by atoms with van der Waals surface area (Å²) in [5.41, 5.74) is 2.21. The van der Waals surface area contributed by atoms with Gasteiger partial charge in [0.15, 0.2) is 5.96 Å². The number of nitrogens with one attached hydrogen (secondary N) is 2. The standard InChI is InChI=1S/C21H29FN4O/c1-23-21(24-12-11-17-7-9-19(22)10-8-17)25-16-18-5-4-6-20(15-18)27-14-13-26(2)3/h4-10,15H,11-14,16H2,1-3H3,(H2,23,24,25). The van der Waals surface area contributed by atoms with Crippen LogP contribution in [0.1, 0.15) is 11.1 Å². The number of nitrogens with zero attached hydrogens (tertiary/aromatic N) is 2. The number of hydrogen-bond acceptors (Lipinski definition) is 3. The zero-order chi connectivity index (χ0) is 19.5. The van der Waals surface area contributed by atoms with Crippen LogP contribution in [0.25, 0.3) is 0 Å². The third-order valence-corrected chi connectivity index (χ3v) is 4.01. The molecule has 2 N–H and O–H groups in total. The first kappa shape index (κ1) is 20.7. The normalized spacial score (nSPS) is 11.5. The van der Waals surface area contributed by atoms with Gasteiger partial charge in [-0.2, -0.15) is 0 Å². The molecule has 6 heteroatoms. The van der Waals surface area contributed by atoms with Crippen molar-refractivity contribution in [3.8, 4) is 5.75 Å². The topological polar surface area (TPSA) is 48.9 Å². The molecule has 0 saturated carbocycles. The molecule has 0 amide bonds. The van der Waals surface area contributed by atoms with Gasteiger partial charge in [-0.1, -0.05) is 24.3 Å². The molecule has 146 valence electrons. The largest absolute Gasteiger partial charge is 0.492 e. The van der Waals surface area contributed by atoms with Gasteiger partial charge < -0.3 is 20.3 Å².